The zero-order chi connectivity index (χ0) is 19.8. The summed E-state index contributed by atoms with van der Waals surface area (Å²) in [4.78, 5) is 31.2. The van der Waals surface area contributed by atoms with Crippen LogP contribution in [0.1, 0.15) is 12.0 Å². The van der Waals surface area contributed by atoms with Crippen molar-refractivity contribution in [2.75, 3.05) is 36.0 Å². The molecule has 4 rings (SSSR count). The quantitative estimate of drug-likeness (QED) is 0.713. The standard InChI is InChI=1S/C21H21Cl2N3O2/c1-14-3-2-4-16(11-14)26-20(27)13-19(21(26)28)25-9-7-24(8-10-25)15-5-6-17(22)18(23)12-15/h2-6,11-12,19H,7-10,13H2,1H3/t19-/m0/s1. The molecule has 2 aliphatic rings. The van der Waals surface area contributed by atoms with Gasteiger partial charge in [0.1, 0.15) is 0 Å². The van der Waals surface area contributed by atoms with Crippen LogP contribution >= 0.6 is 23.2 Å². The lowest BCUT2D eigenvalue weighted by Gasteiger charge is -2.38. The van der Waals surface area contributed by atoms with Gasteiger partial charge in [-0.05, 0) is 42.8 Å². The first-order valence-electron chi connectivity index (χ1n) is 9.31. The van der Waals surface area contributed by atoms with Crippen LogP contribution in [0.3, 0.4) is 0 Å². The van der Waals surface area contributed by atoms with Crippen molar-refractivity contribution in [3.63, 3.8) is 0 Å². The fourth-order valence-corrected chi connectivity index (χ4v) is 4.21. The molecule has 2 fully saturated rings. The molecule has 0 spiro atoms. The summed E-state index contributed by atoms with van der Waals surface area (Å²) in [5.74, 6) is -0.258. The Morgan fingerprint density at radius 2 is 1.64 bits per heavy atom. The second kappa shape index (κ2) is 7.74. The average molecular weight is 418 g/mol. The van der Waals surface area contributed by atoms with E-state index in [9.17, 15) is 9.59 Å². The molecule has 0 aliphatic carbocycles. The molecule has 0 unspecified atom stereocenters. The van der Waals surface area contributed by atoms with Crippen LogP contribution in [0.2, 0.25) is 10.0 Å². The van der Waals surface area contributed by atoms with Gasteiger partial charge in [0.2, 0.25) is 5.91 Å². The van der Waals surface area contributed by atoms with Crippen molar-refractivity contribution in [1.82, 2.24) is 4.90 Å². The maximum absolute atomic E-state index is 13.0. The van der Waals surface area contributed by atoms with Crippen molar-refractivity contribution >= 4 is 46.4 Å². The summed E-state index contributed by atoms with van der Waals surface area (Å²) < 4.78 is 0. The van der Waals surface area contributed by atoms with Gasteiger partial charge in [-0.15, -0.1) is 0 Å². The number of anilines is 2. The Balaban J connectivity index is 1.44. The maximum Gasteiger partial charge on any atom is 0.251 e. The van der Waals surface area contributed by atoms with Crippen LogP contribution in [0.15, 0.2) is 42.5 Å². The molecule has 2 saturated heterocycles. The van der Waals surface area contributed by atoms with Crippen molar-refractivity contribution in [2.45, 2.75) is 19.4 Å². The van der Waals surface area contributed by atoms with Gasteiger partial charge < -0.3 is 4.90 Å². The van der Waals surface area contributed by atoms with E-state index in [1.165, 1.54) is 4.90 Å². The van der Waals surface area contributed by atoms with Gasteiger partial charge in [0.15, 0.2) is 0 Å². The van der Waals surface area contributed by atoms with Crippen LogP contribution in [-0.2, 0) is 9.59 Å². The fourth-order valence-electron chi connectivity index (χ4n) is 3.91. The minimum Gasteiger partial charge on any atom is -0.369 e. The van der Waals surface area contributed by atoms with E-state index in [0.29, 0.717) is 28.8 Å². The smallest absolute Gasteiger partial charge is 0.251 e. The van der Waals surface area contributed by atoms with Crippen LogP contribution in [0.5, 0.6) is 0 Å². The van der Waals surface area contributed by atoms with E-state index in [1.807, 2.05) is 43.3 Å². The molecule has 5 nitrogen and oxygen atoms in total. The number of carbonyl (C=O) groups is 2. The van der Waals surface area contributed by atoms with Crippen molar-refractivity contribution in [1.29, 1.82) is 0 Å². The van der Waals surface area contributed by atoms with Gasteiger partial charge in [0.05, 0.1) is 28.2 Å². The summed E-state index contributed by atoms with van der Waals surface area (Å²) in [5, 5.41) is 1.07. The van der Waals surface area contributed by atoms with Gasteiger partial charge in [-0.25, -0.2) is 4.90 Å². The largest absolute Gasteiger partial charge is 0.369 e. The van der Waals surface area contributed by atoms with Crippen molar-refractivity contribution < 1.29 is 9.59 Å². The number of hydrogen-bond donors (Lipinski definition) is 0. The number of hydrogen-bond acceptors (Lipinski definition) is 4. The molecule has 2 amide bonds. The number of imide groups is 1. The van der Waals surface area contributed by atoms with Crippen LogP contribution in [0.25, 0.3) is 0 Å². The minimum atomic E-state index is -0.385. The summed E-state index contributed by atoms with van der Waals surface area (Å²) in [6.45, 7) is 4.91. The second-order valence-electron chi connectivity index (χ2n) is 7.25. The summed E-state index contributed by atoms with van der Waals surface area (Å²) in [7, 11) is 0. The molecule has 0 radical (unpaired) electrons. The van der Waals surface area contributed by atoms with Crippen LogP contribution < -0.4 is 9.80 Å². The summed E-state index contributed by atoms with van der Waals surface area (Å²) >= 11 is 12.1. The second-order valence-corrected chi connectivity index (χ2v) is 8.06. The van der Waals surface area contributed by atoms with Gasteiger partial charge in [-0.2, -0.15) is 0 Å². The van der Waals surface area contributed by atoms with Gasteiger partial charge in [-0.1, -0.05) is 35.3 Å². The molecule has 2 aliphatic heterocycles. The highest BCUT2D eigenvalue weighted by atomic mass is 35.5. The summed E-state index contributed by atoms with van der Waals surface area (Å²) in [6.07, 6.45) is 0.236. The highest BCUT2D eigenvalue weighted by Crippen LogP contribution is 2.30. The highest BCUT2D eigenvalue weighted by molar-refractivity contribution is 6.42. The molecule has 0 N–H and O–H groups in total. The van der Waals surface area contributed by atoms with E-state index in [4.69, 9.17) is 23.2 Å². The molecule has 2 aromatic rings. The number of nitrogens with zero attached hydrogens (tertiary/aromatic N) is 3. The predicted molar refractivity (Wildman–Crippen MR) is 112 cm³/mol. The molecule has 2 aromatic carbocycles. The molecular weight excluding hydrogens is 397 g/mol. The van der Waals surface area contributed by atoms with E-state index in [-0.39, 0.29) is 24.3 Å². The topological polar surface area (TPSA) is 43.9 Å². The van der Waals surface area contributed by atoms with Crippen LogP contribution in [0.4, 0.5) is 11.4 Å². The third-order valence-electron chi connectivity index (χ3n) is 5.41. The molecule has 0 saturated carbocycles. The molecule has 146 valence electrons. The monoisotopic (exact) mass is 417 g/mol. The van der Waals surface area contributed by atoms with E-state index in [0.717, 1.165) is 24.3 Å². The lowest BCUT2D eigenvalue weighted by molar-refractivity contribution is -0.123. The molecule has 28 heavy (non-hydrogen) atoms. The Morgan fingerprint density at radius 3 is 2.32 bits per heavy atom. The first kappa shape index (κ1) is 19.2. The predicted octanol–water partition coefficient (Wildman–Crippen LogP) is 3.76. The third kappa shape index (κ3) is 3.62. The number of piperazine rings is 1. The molecule has 7 heteroatoms. The molecule has 0 aromatic heterocycles. The average Bonchev–Trinajstić information content (AvgIpc) is 2.98. The van der Waals surface area contributed by atoms with E-state index in [1.54, 1.807) is 6.07 Å². The van der Waals surface area contributed by atoms with Gasteiger partial charge in [0, 0.05) is 31.9 Å². The Bertz CT molecular complexity index is 926. The lowest BCUT2D eigenvalue weighted by atomic mass is 10.1. The third-order valence-corrected chi connectivity index (χ3v) is 6.15. The Hall–Kier alpha value is -2.08. The van der Waals surface area contributed by atoms with Gasteiger partial charge in [0.25, 0.3) is 5.91 Å². The Morgan fingerprint density at radius 1 is 0.893 bits per heavy atom. The normalized spacial score (nSPS) is 20.9. The first-order chi connectivity index (χ1) is 13.4. The SMILES string of the molecule is Cc1cccc(N2C(=O)C[C@H](N3CCN(c4ccc(Cl)c(Cl)c4)CC3)C2=O)c1. The van der Waals surface area contributed by atoms with Crippen molar-refractivity contribution in [2.24, 2.45) is 0 Å². The zero-order valence-electron chi connectivity index (χ0n) is 15.6. The van der Waals surface area contributed by atoms with Gasteiger partial charge in [-0.3, -0.25) is 14.5 Å². The van der Waals surface area contributed by atoms with E-state index < -0.39 is 0 Å². The van der Waals surface area contributed by atoms with E-state index >= 15 is 0 Å². The number of rotatable bonds is 3. The molecule has 0 bridgehead atoms. The van der Waals surface area contributed by atoms with Crippen LogP contribution in [-0.4, -0.2) is 48.9 Å². The summed E-state index contributed by atoms with van der Waals surface area (Å²) in [5.41, 5.74) is 2.70. The lowest BCUT2D eigenvalue weighted by Crippen LogP contribution is -2.52. The fraction of sp³-hybridized carbons (Fsp3) is 0.333. The number of carbonyl (C=O) groups excluding carboxylic acids is 2. The Labute approximate surface area is 174 Å². The number of aryl methyl sites for hydroxylation is 1. The Kier molecular flexibility index (Phi) is 5.32. The number of benzene rings is 2. The molecule has 1 atom stereocenters. The van der Waals surface area contributed by atoms with Crippen molar-refractivity contribution in [3.05, 3.63) is 58.1 Å². The van der Waals surface area contributed by atoms with Crippen molar-refractivity contribution in [3.8, 4) is 0 Å². The first-order valence-corrected chi connectivity index (χ1v) is 10.1. The molecule has 2 heterocycles. The number of halogens is 2. The van der Waals surface area contributed by atoms with E-state index in [2.05, 4.69) is 9.80 Å². The zero-order valence-corrected chi connectivity index (χ0v) is 17.1. The molecular formula is C21H21Cl2N3O2. The summed E-state index contributed by atoms with van der Waals surface area (Å²) in [6, 6.07) is 12.7. The minimum absolute atomic E-state index is 0.126. The number of amides is 2. The maximum atomic E-state index is 13.0. The van der Waals surface area contributed by atoms with Crippen LogP contribution in [0, 0.1) is 6.92 Å². The highest BCUT2D eigenvalue weighted by Gasteiger charge is 2.43. The van der Waals surface area contributed by atoms with Gasteiger partial charge >= 0.3 is 0 Å².